The van der Waals surface area contributed by atoms with Gasteiger partial charge >= 0.3 is 0 Å². The second kappa shape index (κ2) is 3.04. The lowest BCUT2D eigenvalue weighted by atomic mass is 10.2. The first-order valence-corrected chi connectivity index (χ1v) is 4.37. The van der Waals surface area contributed by atoms with Crippen LogP contribution in [0.4, 0.5) is 0 Å². The monoisotopic (exact) mass is 204 g/mol. The summed E-state index contributed by atoms with van der Waals surface area (Å²) in [5.41, 5.74) is 0.799. The summed E-state index contributed by atoms with van der Waals surface area (Å²) in [6.07, 6.45) is 0. The molecule has 0 saturated heterocycles. The molecule has 1 aliphatic rings. The highest BCUT2D eigenvalue weighted by Crippen LogP contribution is 2.39. The second-order valence-corrected chi connectivity index (χ2v) is 3.07. The SMILES string of the molecule is ClCc1c(Cl)ccc2c1OCO2. The number of fused-ring (bicyclic) bond motifs is 1. The molecule has 64 valence electrons. The van der Waals surface area contributed by atoms with Crippen LogP contribution in [0.2, 0.25) is 5.02 Å². The van der Waals surface area contributed by atoms with Gasteiger partial charge in [0.1, 0.15) is 0 Å². The zero-order valence-corrected chi connectivity index (χ0v) is 7.65. The molecule has 12 heavy (non-hydrogen) atoms. The summed E-state index contributed by atoms with van der Waals surface area (Å²) in [7, 11) is 0. The van der Waals surface area contributed by atoms with Crippen molar-refractivity contribution in [3.63, 3.8) is 0 Å². The summed E-state index contributed by atoms with van der Waals surface area (Å²) in [5.74, 6) is 1.73. The molecule has 2 nitrogen and oxygen atoms in total. The standard InChI is InChI=1S/C8H6Cl2O2/c9-3-5-6(10)1-2-7-8(5)12-4-11-7/h1-2H,3-4H2. The Morgan fingerprint density at radius 2 is 2.17 bits per heavy atom. The van der Waals surface area contributed by atoms with Crippen molar-refractivity contribution < 1.29 is 9.47 Å². The van der Waals surface area contributed by atoms with Gasteiger partial charge in [0.15, 0.2) is 11.5 Å². The second-order valence-electron chi connectivity index (χ2n) is 2.39. The number of alkyl halides is 1. The van der Waals surface area contributed by atoms with Gasteiger partial charge in [-0.25, -0.2) is 0 Å². The quantitative estimate of drug-likeness (QED) is 0.656. The van der Waals surface area contributed by atoms with Gasteiger partial charge in [0.25, 0.3) is 0 Å². The molecule has 0 atom stereocenters. The fraction of sp³-hybridized carbons (Fsp3) is 0.250. The molecule has 0 spiro atoms. The van der Waals surface area contributed by atoms with Crippen LogP contribution in [-0.4, -0.2) is 6.79 Å². The number of hydrogen-bond acceptors (Lipinski definition) is 2. The molecule has 4 heteroatoms. The Balaban J connectivity index is 2.57. The normalized spacial score (nSPS) is 13.5. The molecule has 1 aliphatic heterocycles. The van der Waals surface area contributed by atoms with Crippen molar-refractivity contribution in [1.29, 1.82) is 0 Å². The first kappa shape index (κ1) is 8.02. The largest absolute Gasteiger partial charge is 0.454 e. The molecule has 0 saturated carbocycles. The maximum absolute atomic E-state index is 5.89. The Morgan fingerprint density at radius 1 is 1.33 bits per heavy atom. The number of hydrogen-bond donors (Lipinski definition) is 0. The van der Waals surface area contributed by atoms with E-state index in [1.807, 2.05) is 0 Å². The van der Waals surface area contributed by atoms with Gasteiger partial charge in [-0.1, -0.05) is 11.6 Å². The van der Waals surface area contributed by atoms with E-state index in [0.717, 1.165) is 11.3 Å². The Labute approximate surface area is 80.0 Å². The highest BCUT2D eigenvalue weighted by Gasteiger charge is 2.19. The highest BCUT2D eigenvalue weighted by atomic mass is 35.5. The summed E-state index contributed by atoms with van der Waals surface area (Å²) in [6.45, 7) is 0.250. The van der Waals surface area contributed by atoms with Crippen molar-refractivity contribution in [2.24, 2.45) is 0 Å². The van der Waals surface area contributed by atoms with E-state index in [-0.39, 0.29) is 6.79 Å². The Morgan fingerprint density at radius 3 is 2.92 bits per heavy atom. The van der Waals surface area contributed by atoms with Crippen LogP contribution in [0.1, 0.15) is 5.56 Å². The minimum atomic E-state index is 0.250. The van der Waals surface area contributed by atoms with Crippen LogP contribution in [0.25, 0.3) is 0 Å². The van der Waals surface area contributed by atoms with Crippen molar-refractivity contribution in [3.05, 3.63) is 22.7 Å². The molecule has 0 unspecified atom stereocenters. The molecular weight excluding hydrogens is 199 g/mol. The third kappa shape index (κ3) is 1.11. The minimum Gasteiger partial charge on any atom is -0.454 e. The minimum absolute atomic E-state index is 0.250. The third-order valence-electron chi connectivity index (χ3n) is 1.72. The third-order valence-corrected chi connectivity index (χ3v) is 2.34. The van der Waals surface area contributed by atoms with E-state index in [4.69, 9.17) is 32.7 Å². The average Bonchev–Trinajstić information content (AvgIpc) is 2.52. The Bertz CT molecular complexity index is 312. The van der Waals surface area contributed by atoms with Crippen LogP contribution in [0.3, 0.4) is 0 Å². The molecule has 0 radical (unpaired) electrons. The van der Waals surface area contributed by atoms with Crippen LogP contribution in [0.15, 0.2) is 12.1 Å². The topological polar surface area (TPSA) is 18.5 Å². The molecule has 0 bridgehead atoms. The maximum Gasteiger partial charge on any atom is 0.231 e. The molecule has 0 amide bonds. The smallest absolute Gasteiger partial charge is 0.231 e. The van der Waals surface area contributed by atoms with Gasteiger partial charge in [-0.3, -0.25) is 0 Å². The fourth-order valence-electron chi connectivity index (χ4n) is 1.13. The van der Waals surface area contributed by atoms with Crippen LogP contribution in [0.5, 0.6) is 11.5 Å². The van der Waals surface area contributed by atoms with E-state index in [2.05, 4.69) is 0 Å². The number of ether oxygens (including phenoxy) is 2. The van der Waals surface area contributed by atoms with E-state index in [0.29, 0.717) is 16.7 Å². The van der Waals surface area contributed by atoms with Crippen LogP contribution < -0.4 is 9.47 Å². The lowest BCUT2D eigenvalue weighted by Gasteiger charge is -2.03. The molecular formula is C8H6Cl2O2. The van der Waals surface area contributed by atoms with Gasteiger partial charge in [-0.2, -0.15) is 0 Å². The van der Waals surface area contributed by atoms with E-state index < -0.39 is 0 Å². The lowest BCUT2D eigenvalue weighted by Crippen LogP contribution is -1.94. The fourth-order valence-corrected chi connectivity index (χ4v) is 1.68. The summed E-state index contributed by atoms with van der Waals surface area (Å²) >= 11 is 11.6. The van der Waals surface area contributed by atoms with Gasteiger partial charge in [-0.05, 0) is 12.1 Å². The summed E-state index contributed by atoms with van der Waals surface area (Å²) in [5, 5.41) is 0.620. The first-order valence-electron chi connectivity index (χ1n) is 3.46. The summed E-state index contributed by atoms with van der Waals surface area (Å²) < 4.78 is 10.4. The first-order chi connectivity index (χ1) is 5.83. The van der Waals surface area contributed by atoms with Crippen LogP contribution in [0, 0.1) is 0 Å². The summed E-state index contributed by atoms with van der Waals surface area (Å²) in [4.78, 5) is 0. The molecule has 0 N–H and O–H groups in total. The van der Waals surface area contributed by atoms with Gasteiger partial charge in [0.2, 0.25) is 6.79 Å². The Kier molecular flexibility index (Phi) is 2.03. The number of halogens is 2. The van der Waals surface area contributed by atoms with Gasteiger partial charge in [0, 0.05) is 10.6 Å². The zero-order chi connectivity index (χ0) is 8.55. The molecule has 1 heterocycles. The highest BCUT2D eigenvalue weighted by molar-refractivity contribution is 6.32. The van der Waals surface area contributed by atoms with E-state index in [9.17, 15) is 0 Å². The van der Waals surface area contributed by atoms with Crippen molar-refractivity contribution in [2.75, 3.05) is 6.79 Å². The maximum atomic E-state index is 5.89. The van der Waals surface area contributed by atoms with Crippen molar-refractivity contribution in [1.82, 2.24) is 0 Å². The molecule has 0 fully saturated rings. The van der Waals surface area contributed by atoms with E-state index in [1.54, 1.807) is 12.1 Å². The van der Waals surface area contributed by atoms with Gasteiger partial charge in [-0.15, -0.1) is 11.6 Å². The predicted octanol–water partition coefficient (Wildman–Crippen LogP) is 2.81. The van der Waals surface area contributed by atoms with Gasteiger partial charge in [0.05, 0.1) is 5.88 Å². The van der Waals surface area contributed by atoms with Crippen molar-refractivity contribution >= 4 is 23.2 Å². The molecule has 1 aromatic rings. The number of benzene rings is 1. The van der Waals surface area contributed by atoms with E-state index in [1.165, 1.54) is 0 Å². The zero-order valence-electron chi connectivity index (χ0n) is 6.14. The molecule has 1 aromatic carbocycles. The lowest BCUT2D eigenvalue weighted by molar-refractivity contribution is 0.173. The van der Waals surface area contributed by atoms with Crippen LogP contribution in [-0.2, 0) is 5.88 Å². The van der Waals surface area contributed by atoms with Crippen molar-refractivity contribution in [3.8, 4) is 11.5 Å². The average molecular weight is 205 g/mol. The molecule has 2 rings (SSSR count). The van der Waals surface area contributed by atoms with Crippen molar-refractivity contribution in [2.45, 2.75) is 5.88 Å². The molecule has 0 aromatic heterocycles. The van der Waals surface area contributed by atoms with Crippen LogP contribution >= 0.6 is 23.2 Å². The Hall–Kier alpha value is -0.600. The number of rotatable bonds is 1. The predicted molar refractivity (Wildman–Crippen MR) is 47.1 cm³/mol. The summed E-state index contributed by atoms with van der Waals surface area (Å²) in [6, 6.07) is 3.54. The van der Waals surface area contributed by atoms with E-state index >= 15 is 0 Å². The van der Waals surface area contributed by atoms with Gasteiger partial charge < -0.3 is 9.47 Å². The molecule has 0 aliphatic carbocycles.